The molecule has 1 aliphatic heterocycles. The van der Waals surface area contributed by atoms with Crippen molar-refractivity contribution in [3.05, 3.63) is 58.7 Å². The molecule has 8 heteroatoms. The van der Waals surface area contributed by atoms with Gasteiger partial charge in [-0.3, -0.25) is 4.79 Å². The van der Waals surface area contributed by atoms with Crippen molar-refractivity contribution in [1.82, 2.24) is 14.6 Å². The number of anilines is 1. The predicted molar refractivity (Wildman–Crippen MR) is 86.3 cm³/mol. The van der Waals surface area contributed by atoms with E-state index < -0.39 is 11.9 Å². The van der Waals surface area contributed by atoms with E-state index in [-0.39, 0.29) is 11.5 Å². The van der Waals surface area contributed by atoms with E-state index in [1.165, 1.54) is 17.0 Å². The zero-order valence-corrected chi connectivity index (χ0v) is 13.0. The van der Waals surface area contributed by atoms with Gasteiger partial charge in [-0.05, 0) is 30.2 Å². The summed E-state index contributed by atoms with van der Waals surface area (Å²) in [4.78, 5) is 28.2. The summed E-state index contributed by atoms with van der Waals surface area (Å²) < 4.78 is 1.43. The maximum Gasteiger partial charge on any atom is 0.337 e. The van der Waals surface area contributed by atoms with Crippen molar-refractivity contribution in [3.63, 3.8) is 0 Å². The highest BCUT2D eigenvalue weighted by molar-refractivity contribution is 6.06. The van der Waals surface area contributed by atoms with Crippen LogP contribution in [0.15, 0.2) is 30.7 Å². The first-order valence-corrected chi connectivity index (χ1v) is 7.42. The molecule has 0 aliphatic carbocycles. The van der Waals surface area contributed by atoms with Crippen LogP contribution in [0.2, 0.25) is 0 Å². The number of hydrogen-bond acceptors (Lipinski definition) is 5. The van der Waals surface area contributed by atoms with Crippen LogP contribution < -0.4 is 5.32 Å². The molecular formula is C17H11N5O3. The van der Waals surface area contributed by atoms with Gasteiger partial charge in [-0.2, -0.15) is 10.4 Å². The Morgan fingerprint density at radius 2 is 2.24 bits per heavy atom. The number of aromatic carboxylic acids is 1. The molecule has 4 rings (SSSR count). The van der Waals surface area contributed by atoms with Crippen molar-refractivity contribution < 1.29 is 14.7 Å². The lowest BCUT2D eigenvalue weighted by Gasteiger charge is -2.10. The van der Waals surface area contributed by atoms with Gasteiger partial charge in [0, 0.05) is 11.9 Å². The van der Waals surface area contributed by atoms with Crippen LogP contribution >= 0.6 is 0 Å². The second-order valence-electron chi connectivity index (χ2n) is 5.75. The highest BCUT2D eigenvalue weighted by Gasteiger charge is 2.35. The number of nitrogens with zero attached hydrogens (tertiary/aromatic N) is 4. The molecule has 0 saturated carbocycles. The fourth-order valence-electron chi connectivity index (χ4n) is 3.22. The largest absolute Gasteiger partial charge is 0.478 e. The Labute approximate surface area is 141 Å². The molecule has 0 fully saturated rings. The van der Waals surface area contributed by atoms with Crippen LogP contribution in [0.4, 0.5) is 5.69 Å². The quantitative estimate of drug-likeness (QED) is 0.736. The van der Waals surface area contributed by atoms with Crippen LogP contribution in [-0.4, -0.2) is 31.6 Å². The normalized spacial score (nSPS) is 15.7. The molecule has 3 heterocycles. The van der Waals surface area contributed by atoms with E-state index in [1.807, 2.05) is 6.07 Å². The van der Waals surface area contributed by atoms with E-state index in [0.29, 0.717) is 33.6 Å². The molecule has 122 valence electrons. The van der Waals surface area contributed by atoms with Crippen molar-refractivity contribution in [2.45, 2.75) is 12.8 Å². The molecule has 1 unspecified atom stereocenters. The molecule has 0 bridgehead atoms. The number of nitrogens with one attached hydrogen (secondary N) is 1. The van der Waals surface area contributed by atoms with Gasteiger partial charge in [-0.25, -0.2) is 14.3 Å². The van der Waals surface area contributed by atoms with Gasteiger partial charge >= 0.3 is 5.97 Å². The second-order valence-corrected chi connectivity index (χ2v) is 5.75. The van der Waals surface area contributed by atoms with E-state index >= 15 is 0 Å². The number of carboxylic acid groups (broad SMARTS) is 1. The van der Waals surface area contributed by atoms with Gasteiger partial charge in [0.1, 0.15) is 12.2 Å². The van der Waals surface area contributed by atoms with Crippen LogP contribution in [-0.2, 0) is 4.79 Å². The van der Waals surface area contributed by atoms with Crippen molar-refractivity contribution in [1.29, 1.82) is 5.26 Å². The zero-order chi connectivity index (χ0) is 17.7. The van der Waals surface area contributed by atoms with Gasteiger partial charge < -0.3 is 10.4 Å². The monoisotopic (exact) mass is 333 g/mol. The number of aromatic nitrogens is 3. The van der Waals surface area contributed by atoms with Crippen molar-refractivity contribution in [2.75, 3.05) is 5.32 Å². The number of carbonyl (C=O) groups excluding carboxylic acids is 1. The maximum atomic E-state index is 12.5. The molecule has 8 nitrogen and oxygen atoms in total. The van der Waals surface area contributed by atoms with Crippen LogP contribution in [0.1, 0.15) is 38.7 Å². The Bertz CT molecular complexity index is 1110. The number of aryl methyl sites for hydroxylation is 1. The maximum absolute atomic E-state index is 12.5. The molecule has 2 N–H and O–H groups in total. The summed E-state index contributed by atoms with van der Waals surface area (Å²) in [5.74, 6) is -2.03. The molecular weight excluding hydrogens is 322 g/mol. The summed E-state index contributed by atoms with van der Waals surface area (Å²) in [6.45, 7) is 1.66. The molecule has 1 aliphatic rings. The van der Waals surface area contributed by atoms with Gasteiger partial charge in [0.15, 0.2) is 0 Å². The van der Waals surface area contributed by atoms with Crippen LogP contribution in [0.3, 0.4) is 0 Å². The Morgan fingerprint density at radius 3 is 2.96 bits per heavy atom. The van der Waals surface area contributed by atoms with Gasteiger partial charge in [0.25, 0.3) is 0 Å². The van der Waals surface area contributed by atoms with Crippen LogP contribution in [0.5, 0.6) is 0 Å². The summed E-state index contributed by atoms with van der Waals surface area (Å²) in [6.07, 6.45) is 2.70. The number of nitriles is 1. The average Bonchev–Trinajstić information content (AvgIpc) is 3.10. The number of fused-ring (bicyclic) bond motifs is 2. The van der Waals surface area contributed by atoms with Gasteiger partial charge in [-0.1, -0.05) is 6.07 Å². The SMILES string of the molecule is Cc1c(C(=O)O)cn2ncnc(C3C(=O)Nc4cc(C#N)ccc43)c12. The Balaban J connectivity index is 1.96. The van der Waals surface area contributed by atoms with Crippen LogP contribution in [0.25, 0.3) is 5.52 Å². The number of benzene rings is 1. The molecule has 1 amide bonds. The highest BCUT2D eigenvalue weighted by atomic mass is 16.4. The molecule has 25 heavy (non-hydrogen) atoms. The second kappa shape index (κ2) is 5.14. The van der Waals surface area contributed by atoms with Crippen LogP contribution in [0, 0.1) is 18.3 Å². The number of amides is 1. The summed E-state index contributed by atoms with van der Waals surface area (Å²) >= 11 is 0. The van der Waals surface area contributed by atoms with Gasteiger partial charge in [0.2, 0.25) is 5.91 Å². The minimum Gasteiger partial charge on any atom is -0.478 e. The lowest BCUT2D eigenvalue weighted by Crippen LogP contribution is -2.16. The molecule has 1 aromatic carbocycles. The lowest BCUT2D eigenvalue weighted by atomic mass is 9.94. The van der Waals surface area contributed by atoms with E-state index in [9.17, 15) is 14.7 Å². The van der Waals surface area contributed by atoms with Gasteiger partial charge in [-0.15, -0.1) is 0 Å². The molecule has 3 aromatic rings. The topological polar surface area (TPSA) is 120 Å². The lowest BCUT2D eigenvalue weighted by molar-refractivity contribution is -0.116. The average molecular weight is 333 g/mol. The van der Waals surface area contributed by atoms with E-state index in [0.717, 1.165) is 0 Å². The minimum atomic E-state index is -1.07. The summed E-state index contributed by atoms with van der Waals surface area (Å²) in [5, 5.41) is 25.1. The summed E-state index contributed by atoms with van der Waals surface area (Å²) in [5.41, 5.74) is 3.24. The van der Waals surface area contributed by atoms with Crippen molar-refractivity contribution >= 4 is 23.1 Å². The Kier molecular flexibility index (Phi) is 3.05. The fraction of sp³-hybridized carbons (Fsp3) is 0.118. The Hall–Kier alpha value is -3.73. The van der Waals surface area contributed by atoms with Crippen molar-refractivity contribution in [3.8, 4) is 6.07 Å². The highest BCUT2D eigenvalue weighted by Crippen LogP contribution is 2.39. The number of hydrogen-bond donors (Lipinski definition) is 2. The summed E-state index contributed by atoms with van der Waals surface area (Å²) in [6, 6.07) is 7.00. The van der Waals surface area contributed by atoms with E-state index in [4.69, 9.17) is 5.26 Å². The number of carboxylic acids is 1. The molecule has 1 atom stereocenters. The smallest absolute Gasteiger partial charge is 0.337 e. The fourth-order valence-corrected chi connectivity index (χ4v) is 3.22. The standard InChI is InChI=1S/C17H11N5O3/c1-8-11(17(24)25)6-22-15(8)14(19-7-20-22)13-10-3-2-9(5-18)4-12(10)21-16(13)23/h2-4,6-7,13H,1H3,(H,21,23)(H,24,25). The van der Waals surface area contributed by atoms with E-state index in [1.54, 1.807) is 25.1 Å². The third-order valence-corrected chi connectivity index (χ3v) is 4.37. The minimum absolute atomic E-state index is 0.111. The molecule has 0 saturated heterocycles. The first-order chi connectivity index (χ1) is 12.0. The third-order valence-electron chi connectivity index (χ3n) is 4.37. The number of carbonyl (C=O) groups is 2. The Morgan fingerprint density at radius 1 is 1.44 bits per heavy atom. The number of rotatable bonds is 2. The molecule has 2 aromatic heterocycles. The predicted octanol–water partition coefficient (Wildman–Crippen LogP) is 1.69. The first kappa shape index (κ1) is 14.8. The van der Waals surface area contributed by atoms with E-state index in [2.05, 4.69) is 15.4 Å². The third kappa shape index (κ3) is 2.06. The first-order valence-electron chi connectivity index (χ1n) is 7.42. The molecule has 0 radical (unpaired) electrons. The molecule has 0 spiro atoms. The zero-order valence-electron chi connectivity index (χ0n) is 13.0. The van der Waals surface area contributed by atoms with Crippen molar-refractivity contribution in [2.24, 2.45) is 0 Å². The van der Waals surface area contributed by atoms with Gasteiger partial charge in [0.05, 0.1) is 28.4 Å². The summed E-state index contributed by atoms with van der Waals surface area (Å²) in [7, 11) is 0.